The first-order valence-electron chi connectivity index (χ1n) is 9.58. The molecule has 1 aromatic heterocycles. The fraction of sp³-hybridized carbons (Fsp3) is 0.429. The number of rotatable bonds is 4. The summed E-state index contributed by atoms with van der Waals surface area (Å²) in [7, 11) is 0. The zero-order valence-corrected chi connectivity index (χ0v) is 16.2. The van der Waals surface area contributed by atoms with Gasteiger partial charge in [0.05, 0.1) is 11.1 Å². The Hall–Kier alpha value is -2.96. The van der Waals surface area contributed by atoms with Gasteiger partial charge in [-0.15, -0.1) is 0 Å². The van der Waals surface area contributed by atoms with Crippen LogP contribution in [-0.2, 0) is 9.53 Å². The van der Waals surface area contributed by atoms with Crippen molar-refractivity contribution in [2.75, 3.05) is 6.61 Å². The first-order valence-corrected chi connectivity index (χ1v) is 9.58. The van der Waals surface area contributed by atoms with Crippen LogP contribution in [0.4, 0.5) is 4.79 Å². The molecular weight excluding hydrogens is 358 g/mol. The summed E-state index contributed by atoms with van der Waals surface area (Å²) in [5.41, 5.74) is 1.70. The molecule has 1 saturated carbocycles. The Morgan fingerprint density at radius 2 is 1.93 bits per heavy atom. The van der Waals surface area contributed by atoms with E-state index >= 15 is 0 Å². The van der Waals surface area contributed by atoms with Crippen molar-refractivity contribution in [1.82, 2.24) is 15.6 Å². The van der Waals surface area contributed by atoms with E-state index in [4.69, 9.17) is 4.74 Å². The number of hydrogen-bond acceptors (Lipinski definition) is 5. The molecule has 2 aromatic rings. The highest BCUT2D eigenvalue weighted by molar-refractivity contribution is 6.04. The van der Waals surface area contributed by atoms with Gasteiger partial charge >= 0.3 is 12.0 Å². The Morgan fingerprint density at radius 1 is 1.18 bits per heavy atom. The Kier molecular flexibility index (Phi) is 6.23. The molecule has 2 N–H and O–H groups in total. The highest BCUT2D eigenvalue weighted by Crippen LogP contribution is 2.23. The molecule has 28 heavy (non-hydrogen) atoms. The Morgan fingerprint density at radius 3 is 2.71 bits per heavy atom. The van der Waals surface area contributed by atoms with Crippen LogP contribution in [0.25, 0.3) is 10.9 Å². The molecule has 3 amide bonds. The monoisotopic (exact) mass is 383 g/mol. The number of hydrogen-bond donors (Lipinski definition) is 2. The molecule has 1 heterocycles. The number of esters is 1. The van der Waals surface area contributed by atoms with Crippen LogP contribution in [0.1, 0.15) is 48.7 Å². The van der Waals surface area contributed by atoms with E-state index in [1.807, 2.05) is 12.1 Å². The van der Waals surface area contributed by atoms with Crippen molar-refractivity contribution in [3.63, 3.8) is 0 Å². The second kappa shape index (κ2) is 8.82. The lowest BCUT2D eigenvalue weighted by Gasteiger charge is -2.29. The normalized spacial score (nSPS) is 19.1. The van der Waals surface area contributed by atoms with Crippen LogP contribution < -0.4 is 10.6 Å². The maximum atomic E-state index is 12.4. The fourth-order valence-corrected chi connectivity index (χ4v) is 3.58. The maximum absolute atomic E-state index is 12.4. The minimum absolute atomic E-state index is 0.0651. The summed E-state index contributed by atoms with van der Waals surface area (Å²) < 4.78 is 5.11. The van der Waals surface area contributed by atoms with Crippen LogP contribution >= 0.6 is 0 Å². The van der Waals surface area contributed by atoms with Gasteiger partial charge in [-0.25, -0.2) is 9.59 Å². The standard InChI is InChI=1S/C21H25N3O4/c1-13-7-3-5-9-17(13)23-21(27)24-19(25)12-28-20(26)16-11-14(2)22-18-10-6-4-8-15(16)18/h4,6,8,10-11,13,17H,3,5,7,9,12H2,1-2H3,(H2,23,24,25,27)/t13-,17+/m1/s1. The number of ether oxygens (including phenoxy) is 1. The number of nitrogens with one attached hydrogen (secondary N) is 2. The van der Waals surface area contributed by atoms with E-state index in [-0.39, 0.29) is 6.04 Å². The number of aromatic nitrogens is 1. The lowest BCUT2D eigenvalue weighted by Crippen LogP contribution is -2.48. The highest BCUT2D eigenvalue weighted by Gasteiger charge is 2.23. The van der Waals surface area contributed by atoms with Crippen LogP contribution in [-0.4, -0.2) is 35.5 Å². The SMILES string of the molecule is Cc1cc(C(=O)OCC(=O)NC(=O)N[C@H]2CCCC[C@H]2C)c2ccccc2n1. The largest absolute Gasteiger partial charge is 0.452 e. The first-order chi connectivity index (χ1) is 13.4. The molecule has 7 heteroatoms. The number of carbonyl (C=O) groups is 3. The molecule has 1 fully saturated rings. The molecular formula is C21H25N3O4. The Balaban J connectivity index is 1.54. The Bertz CT molecular complexity index is 896. The van der Waals surface area contributed by atoms with Gasteiger partial charge in [0.2, 0.25) is 0 Å². The van der Waals surface area contributed by atoms with Gasteiger partial charge in [0, 0.05) is 17.1 Å². The average molecular weight is 383 g/mol. The number of urea groups is 1. The van der Waals surface area contributed by atoms with Gasteiger partial charge in [0.15, 0.2) is 6.61 Å². The molecule has 3 rings (SSSR count). The van der Waals surface area contributed by atoms with E-state index in [2.05, 4.69) is 22.5 Å². The summed E-state index contributed by atoms with van der Waals surface area (Å²) in [5, 5.41) is 5.71. The van der Waals surface area contributed by atoms with E-state index in [0.29, 0.717) is 28.1 Å². The first kappa shape index (κ1) is 19.8. The third-order valence-electron chi connectivity index (χ3n) is 5.08. The molecule has 0 radical (unpaired) electrons. The van der Waals surface area contributed by atoms with Crippen molar-refractivity contribution in [3.05, 3.63) is 41.6 Å². The van der Waals surface area contributed by atoms with Gasteiger partial charge in [-0.2, -0.15) is 0 Å². The molecule has 0 unspecified atom stereocenters. The molecule has 0 saturated heterocycles. The third-order valence-corrected chi connectivity index (χ3v) is 5.08. The smallest absolute Gasteiger partial charge is 0.339 e. The van der Waals surface area contributed by atoms with Crippen molar-refractivity contribution in [2.24, 2.45) is 5.92 Å². The van der Waals surface area contributed by atoms with Crippen molar-refractivity contribution < 1.29 is 19.1 Å². The fourth-order valence-electron chi connectivity index (χ4n) is 3.58. The van der Waals surface area contributed by atoms with Gasteiger partial charge < -0.3 is 10.1 Å². The van der Waals surface area contributed by atoms with Gasteiger partial charge in [0.25, 0.3) is 5.91 Å². The number of para-hydroxylation sites is 1. The zero-order valence-electron chi connectivity index (χ0n) is 16.2. The molecule has 0 bridgehead atoms. The number of benzene rings is 1. The van der Waals surface area contributed by atoms with E-state index in [1.54, 1.807) is 25.1 Å². The van der Waals surface area contributed by atoms with E-state index in [1.165, 1.54) is 6.42 Å². The lowest BCUT2D eigenvalue weighted by atomic mass is 9.86. The number of aryl methyl sites for hydroxylation is 1. The van der Waals surface area contributed by atoms with E-state index in [9.17, 15) is 14.4 Å². The zero-order chi connectivity index (χ0) is 20.1. The van der Waals surface area contributed by atoms with Crippen molar-refractivity contribution in [2.45, 2.75) is 45.6 Å². The summed E-state index contributed by atoms with van der Waals surface area (Å²) >= 11 is 0. The van der Waals surface area contributed by atoms with Crippen LogP contribution in [0.2, 0.25) is 0 Å². The third kappa shape index (κ3) is 4.85. The molecule has 2 atom stereocenters. The van der Waals surface area contributed by atoms with Gasteiger partial charge in [-0.05, 0) is 37.8 Å². The maximum Gasteiger partial charge on any atom is 0.339 e. The highest BCUT2D eigenvalue weighted by atomic mass is 16.5. The van der Waals surface area contributed by atoms with Crippen LogP contribution in [0, 0.1) is 12.8 Å². The van der Waals surface area contributed by atoms with Crippen LogP contribution in [0.15, 0.2) is 30.3 Å². The second-order valence-electron chi connectivity index (χ2n) is 7.29. The van der Waals surface area contributed by atoms with Gasteiger partial charge in [-0.3, -0.25) is 15.1 Å². The molecule has 0 aliphatic heterocycles. The minimum atomic E-state index is -0.663. The molecule has 1 aliphatic carbocycles. The summed E-state index contributed by atoms with van der Waals surface area (Å²) in [4.78, 5) is 40.8. The number of imide groups is 1. The quantitative estimate of drug-likeness (QED) is 0.791. The number of pyridine rings is 1. The van der Waals surface area contributed by atoms with E-state index in [0.717, 1.165) is 19.3 Å². The molecule has 1 aromatic carbocycles. The van der Waals surface area contributed by atoms with Gasteiger partial charge in [0.1, 0.15) is 0 Å². The predicted molar refractivity (Wildman–Crippen MR) is 105 cm³/mol. The summed E-state index contributed by atoms with van der Waals surface area (Å²) in [5.74, 6) is -0.904. The number of nitrogens with zero attached hydrogens (tertiary/aromatic N) is 1. The molecule has 1 aliphatic rings. The van der Waals surface area contributed by atoms with Crippen LogP contribution in [0.3, 0.4) is 0 Å². The number of fused-ring (bicyclic) bond motifs is 1. The van der Waals surface area contributed by atoms with E-state index < -0.39 is 24.5 Å². The van der Waals surface area contributed by atoms with Crippen molar-refractivity contribution in [1.29, 1.82) is 0 Å². The van der Waals surface area contributed by atoms with Gasteiger partial charge in [-0.1, -0.05) is 38.0 Å². The van der Waals surface area contributed by atoms with Crippen molar-refractivity contribution >= 4 is 28.8 Å². The minimum Gasteiger partial charge on any atom is -0.452 e. The molecule has 7 nitrogen and oxygen atoms in total. The Labute approximate surface area is 163 Å². The van der Waals surface area contributed by atoms with Crippen LogP contribution in [0.5, 0.6) is 0 Å². The summed E-state index contributed by atoms with van der Waals surface area (Å²) in [6.07, 6.45) is 4.21. The second-order valence-corrected chi connectivity index (χ2v) is 7.29. The van der Waals surface area contributed by atoms with Crippen molar-refractivity contribution in [3.8, 4) is 0 Å². The molecule has 0 spiro atoms. The lowest BCUT2D eigenvalue weighted by molar-refractivity contribution is -0.123. The summed E-state index contributed by atoms with van der Waals surface area (Å²) in [6, 6.07) is 8.36. The number of amides is 3. The summed E-state index contributed by atoms with van der Waals surface area (Å²) in [6.45, 7) is 3.35. The number of carbonyl (C=O) groups excluding carboxylic acids is 3. The molecule has 148 valence electrons. The predicted octanol–water partition coefficient (Wildman–Crippen LogP) is 3.10. The topological polar surface area (TPSA) is 97.4 Å². The average Bonchev–Trinajstić information content (AvgIpc) is 2.67.